The Hall–Kier alpha value is -3.72. The smallest absolute Gasteiger partial charge is 0.338 e. The number of para-hydroxylation sites is 1. The third-order valence-electron chi connectivity index (χ3n) is 5.29. The summed E-state index contributed by atoms with van der Waals surface area (Å²) in [5, 5.41) is 18.6. The molecule has 184 valence electrons. The maximum atomic E-state index is 13.7. The highest BCUT2D eigenvalue weighted by Gasteiger charge is 2.39. The zero-order valence-corrected chi connectivity index (χ0v) is 19.3. The number of nitro groups is 1. The van der Waals surface area contributed by atoms with Gasteiger partial charge in [0.1, 0.15) is 0 Å². The summed E-state index contributed by atoms with van der Waals surface area (Å²) in [6.45, 7) is 4.13. The van der Waals surface area contributed by atoms with Crippen LogP contribution in [0.15, 0.2) is 41.6 Å². The minimum absolute atomic E-state index is 0.0262. The molecule has 35 heavy (non-hydrogen) atoms. The Kier molecular flexibility index (Phi) is 6.88. The lowest BCUT2D eigenvalue weighted by molar-refractivity contribution is -0.385. The Morgan fingerprint density at radius 1 is 1.20 bits per heavy atom. The summed E-state index contributed by atoms with van der Waals surface area (Å²) in [5.74, 6) is -0.710. The molecule has 2 aromatic heterocycles. The second-order valence-electron chi connectivity index (χ2n) is 7.72. The number of rotatable bonds is 6. The normalized spacial score (nSPS) is 15.1. The minimum atomic E-state index is -4.83. The number of aromatic nitrogens is 5. The summed E-state index contributed by atoms with van der Waals surface area (Å²) in [4.78, 5) is 23.1. The van der Waals surface area contributed by atoms with Crippen molar-refractivity contribution < 1.29 is 18.1 Å². The van der Waals surface area contributed by atoms with Crippen molar-refractivity contribution in [3.63, 3.8) is 0 Å². The molecule has 0 amide bonds. The fourth-order valence-electron chi connectivity index (χ4n) is 3.52. The van der Waals surface area contributed by atoms with Crippen LogP contribution in [0, 0.1) is 21.8 Å². The van der Waals surface area contributed by atoms with Crippen LogP contribution < -0.4 is 4.90 Å². The van der Waals surface area contributed by atoms with Gasteiger partial charge in [0.15, 0.2) is 0 Å². The summed E-state index contributed by atoms with van der Waals surface area (Å²) in [6, 6.07) is 7.37. The summed E-state index contributed by atoms with van der Waals surface area (Å²) in [7, 11) is 0. The van der Waals surface area contributed by atoms with Crippen LogP contribution in [-0.2, 0) is 12.8 Å². The molecule has 1 fully saturated rings. The molecule has 3 aromatic rings. The Morgan fingerprint density at radius 2 is 1.91 bits per heavy atom. The summed E-state index contributed by atoms with van der Waals surface area (Å²) < 4.78 is 42.2. The van der Waals surface area contributed by atoms with E-state index in [4.69, 9.17) is 12.2 Å². The van der Waals surface area contributed by atoms with E-state index < -0.39 is 16.9 Å². The first-order valence-corrected chi connectivity index (χ1v) is 10.9. The predicted molar refractivity (Wildman–Crippen MR) is 123 cm³/mol. The largest absolute Gasteiger partial charge is 0.453 e. The van der Waals surface area contributed by atoms with Crippen LogP contribution in [-0.4, -0.2) is 66.6 Å². The number of piperazine rings is 1. The lowest BCUT2D eigenvalue weighted by atomic mass is 10.2. The first-order chi connectivity index (χ1) is 16.6. The number of anilines is 1. The van der Waals surface area contributed by atoms with Crippen molar-refractivity contribution in [2.24, 2.45) is 5.10 Å². The molecule has 1 aliphatic rings. The molecule has 0 bridgehead atoms. The first-order valence-electron chi connectivity index (χ1n) is 10.5. The Morgan fingerprint density at radius 3 is 2.57 bits per heavy atom. The maximum Gasteiger partial charge on any atom is 0.453 e. The van der Waals surface area contributed by atoms with Crippen molar-refractivity contribution in [3.8, 4) is 0 Å². The van der Waals surface area contributed by atoms with E-state index in [1.807, 2.05) is 16.7 Å². The van der Waals surface area contributed by atoms with Gasteiger partial charge in [0.2, 0.25) is 10.7 Å². The first kappa shape index (κ1) is 24.4. The zero-order valence-electron chi connectivity index (χ0n) is 18.5. The molecular weight excluding hydrogens is 487 g/mol. The molecule has 0 spiro atoms. The maximum absolute atomic E-state index is 13.7. The van der Waals surface area contributed by atoms with Crippen LogP contribution in [0.2, 0.25) is 0 Å². The fraction of sp³-hybridized carbons (Fsp3) is 0.350. The molecule has 0 N–H and O–H groups in total. The van der Waals surface area contributed by atoms with E-state index in [9.17, 15) is 23.3 Å². The van der Waals surface area contributed by atoms with E-state index in [1.54, 1.807) is 12.3 Å². The van der Waals surface area contributed by atoms with E-state index in [0.29, 0.717) is 36.8 Å². The number of nitro benzene ring substituents is 1. The number of alkyl halides is 3. The molecule has 1 aromatic carbocycles. The summed E-state index contributed by atoms with van der Waals surface area (Å²) in [5.41, 5.74) is 0.587. The van der Waals surface area contributed by atoms with Crippen LogP contribution in [0.5, 0.6) is 0 Å². The zero-order chi connectivity index (χ0) is 25.2. The summed E-state index contributed by atoms with van der Waals surface area (Å²) >= 11 is 5.22. The van der Waals surface area contributed by atoms with Gasteiger partial charge in [-0.05, 0) is 31.3 Å². The molecule has 0 saturated carbocycles. The molecule has 4 rings (SSSR count). The number of hydrogen-bond donors (Lipinski definition) is 0. The van der Waals surface area contributed by atoms with Gasteiger partial charge in [-0.25, -0.2) is 14.6 Å². The molecule has 11 nitrogen and oxygen atoms in total. The third-order valence-corrected chi connectivity index (χ3v) is 5.67. The Labute approximate surface area is 202 Å². The summed E-state index contributed by atoms with van der Waals surface area (Å²) in [6.07, 6.45) is -2.19. The van der Waals surface area contributed by atoms with Gasteiger partial charge in [-0.1, -0.05) is 12.1 Å². The highest BCUT2D eigenvalue weighted by molar-refractivity contribution is 7.71. The predicted octanol–water partition coefficient (Wildman–Crippen LogP) is 3.10. The van der Waals surface area contributed by atoms with Gasteiger partial charge in [-0.3, -0.25) is 15.0 Å². The van der Waals surface area contributed by atoms with Crippen LogP contribution in [0.3, 0.4) is 0 Å². The Balaban J connectivity index is 1.54. The average molecular weight is 508 g/mol. The minimum Gasteiger partial charge on any atom is -0.338 e. The molecule has 3 heterocycles. The highest BCUT2D eigenvalue weighted by Crippen LogP contribution is 2.28. The van der Waals surface area contributed by atoms with Crippen LogP contribution >= 0.6 is 12.2 Å². The van der Waals surface area contributed by atoms with Crippen LogP contribution in [0.25, 0.3) is 0 Å². The van der Waals surface area contributed by atoms with E-state index >= 15 is 0 Å². The number of aryl methyl sites for hydroxylation is 1. The number of benzene rings is 1. The molecule has 0 atom stereocenters. The molecule has 0 radical (unpaired) electrons. The molecule has 15 heteroatoms. The van der Waals surface area contributed by atoms with Gasteiger partial charge in [0.25, 0.3) is 11.5 Å². The molecule has 1 aliphatic heterocycles. The lowest BCUT2D eigenvalue weighted by Gasteiger charge is -2.34. The van der Waals surface area contributed by atoms with Gasteiger partial charge < -0.3 is 4.90 Å². The van der Waals surface area contributed by atoms with Crippen LogP contribution in [0.4, 0.5) is 24.8 Å². The second-order valence-corrected chi connectivity index (χ2v) is 8.09. The van der Waals surface area contributed by atoms with E-state index in [-0.39, 0.29) is 22.7 Å². The molecule has 0 unspecified atom stereocenters. The van der Waals surface area contributed by atoms with Crippen molar-refractivity contribution >= 4 is 30.1 Å². The van der Waals surface area contributed by atoms with Gasteiger partial charge in [0, 0.05) is 44.1 Å². The highest BCUT2D eigenvalue weighted by atomic mass is 32.1. The number of halogens is 3. The van der Waals surface area contributed by atoms with Crippen molar-refractivity contribution in [2.45, 2.75) is 19.8 Å². The number of hydrogen-bond acceptors (Lipinski definition) is 9. The van der Waals surface area contributed by atoms with Gasteiger partial charge in [-0.15, -0.1) is 5.10 Å². The van der Waals surface area contributed by atoms with Gasteiger partial charge in [-0.2, -0.15) is 22.9 Å². The number of nitrogens with zero attached hydrogens (tertiary/aromatic N) is 9. The topological polar surface area (TPSA) is 111 Å². The quantitative estimate of drug-likeness (QED) is 0.217. The average Bonchev–Trinajstić information content (AvgIpc) is 3.14. The van der Waals surface area contributed by atoms with Crippen molar-refractivity contribution in [2.75, 3.05) is 31.1 Å². The second kappa shape index (κ2) is 9.87. The molecular formula is C20H20F3N9O2S. The lowest BCUT2D eigenvalue weighted by Crippen LogP contribution is -2.47. The fourth-order valence-corrected chi connectivity index (χ4v) is 3.75. The van der Waals surface area contributed by atoms with Crippen molar-refractivity contribution in [1.29, 1.82) is 0 Å². The molecule has 1 saturated heterocycles. The van der Waals surface area contributed by atoms with E-state index in [0.717, 1.165) is 16.6 Å². The monoisotopic (exact) mass is 507 g/mol. The van der Waals surface area contributed by atoms with Crippen molar-refractivity contribution in [3.05, 3.63) is 68.5 Å². The van der Waals surface area contributed by atoms with Crippen molar-refractivity contribution in [1.82, 2.24) is 29.3 Å². The molecule has 0 aliphatic carbocycles. The van der Waals surface area contributed by atoms with E-state index in [2.05, 4.69) is 20.2 Å². The van der Waals surface area contributed by atoms with E-state index in [1.165, 1.54) is 24.3 Å². The van der Waals surface area contributed by atoms with Gasteiger partial charge in [0.05, 0.1) is 23.4 Å². The Bertz CT molecular complexity index is 1310. The SMILES string of the molecule is Cc1ccnc(N2CCN(Cn3nc(C(F)(F)F)n(/N=C/c4ccccc4[N+](=O)[O-])c3=S)CC2)n1. The third kappa shape index (κ3) is 5.51. The van der Waals surface area contributed by atoms with Crippen LogP contribution in [0.1, 0.15) is 17.1 Å². The van der Waals surface area contributed by atoms with Gasteiger partial charge >= 0.3 is 6.18 Å². The standard InChI is InChI=1S/C20H20F3N9O2S/c1-14-6-7-24-18(26-14)29-10-8-28(9-11-29)13-30-19(35)31(17(27-30)20(21,22)23)25-12-15-4-2-3-5-16(15)32(33)34/h2-7,12H,8-11,13H2,1H3/b25-12+.